The molecule has 0 atom stereocenters. The highest BCUT2D eigenvalue weighted by Crippen LogP contribution is 2.35. The summed E-state index contributed by atoms with van der Waals surface area (Å²) in [7, 11) is 0. The number of nitrogens with one attached hydrogen (secondary N) is 1. The van der Waals surface area contributed by atoms with Crippen molar-refractivity contribution in [2.45, 2.75) is 45.6 Å². The molecule has 2 amide bonds. The van der Waals surface area contributed by atoms with Gasteiger partial charge in [0.25, 0.3) is 5.91 Å². The van der Waals surface area contributed by atoms with Gasteiger partial charge in [0.15, 0.2) is 0 Å². The number of ether oxygens (including phenoxy) is 1. The molecule has 5 N–H and O–H groups in total. The molecule has 3 aromatic rings. The van der Waals surface area contributed by atoms with E-state index in [2.05, 4.69) is 15.3 Å². The summed E-state index contributed by atoms with van der Waals surface area (Å²) in [4.78, 5) is 32.1. The average molecular weight is 528 g/mol. The number of benzene rings is 2. The number of nitrogens with zero attached hydrogens (tertiary/aromatic N) is 2. The van der Waals surface area contributed by atoms with Gasteiger partial charge in [-0.3, -0.25) is 19.6 Å². The molecule has 2 aromatic carbocycles. The molecule has 200 valence electrons. The number of aliphatic imine (C=N–C) groups is 1. The number of rotatable bonds is 8. The normalized spacial score (nSPS) is 12.7. The number of fused-ring (bicyclic) bond motifs is 1. The van der Waals surface area contributed by atoms with E-state index in [1.165, 1.54) is 36.8 Å². The number of amides is 2. The molecule has 0 aliphatic rings. The number of hydrogen-bond acceptors (Lipinski definition) is 6. The Morgan fingerprint density at radius 1 is 1.13 bits per heavy atom. The summed E-state index contributed by atoms with van der Waals surface area (Å²) < 4.78 is 49.2. The van der Waals surface area contributed by atoms with E-state index >= 15 is 0 Å². The van der Waals surface area contributed by atoms with Crippen LogP contribution in [-0.2, 0) is 21.9 Å². The third kappa shape index (κ3) is 6.67. The summed E-state index contributed by atoms with van der Waals surface area (Å²) >= 11 is 0. The van der Waals surface area contributed by atoms with Gasteiger partial charge in [-0.05, 0) is 63.1 Å². The molecule has 8 nitrogen and oxygen atoms in total. The van der Waals surface area contributed by atoms with Crippen LogP contribution >= 0.6 is 0 Å². The highest BCUT2D eigenvalue weighted by Gasteiger charge is 2.39. The van der Waals surface area contributed by atoms with Crippen LogP contribution in [0.4, 0.5) is 13.2 Å². The summed E-state index contributed by atoms with van der Waals surface area (Å²) in [6.45, 7) is 7.29. The second kappa shape index (κ2) is 10.9. The maximum atomic E-state index is 15.0. The van der Waals surface area contributed by atoms with Crippen LogP contribution < -0.4 is 21.5 Å². The van der Waals surface area contributed by atoms with Crippen LogP contribution in [0.5, 0.6) is 11.5 Å². The van der Waals surface area contributed by atoms with E-state index in [1.54, 1.807) is 6.92 Å². The Morgan fingerprint density at radius 3 is 2.47 bits per heavy atom. The van der Waals surface area contributed by atoms with Gasteiger partial charge in [-0.25, -0.2) is 4.39 Å². The topological polar surface area (TPSA) is 133 Å². The molecule has 0 saturated carbocycles. The van der Waals surface area contributed by atoms with Crippen LogP contribution in [0.3, 0.4) is 0 Å². The molecule has 0 aliphatic carbocycles. The predicted octanol–water partition coefficient (Wildman–Crippen LogP) is 4.38. The van der Waals surface area contributed by atoms with Crippen LogP contribution in [0.25, 0.3) is 10.9 Å². The van der Waals surface area contributed by atoms with Crippen LogP contribution in [0, 0.1) is 12.7 Å². The van der Waals surface area contributed by atoms with E-state index in [-0.39, 0.29) is 40.1 Å². The van der Waals surface area contributed by atoms with Crippen molar-refractivity contribution in [1.82, 2.24) is 10.3 Å². The molecule has 0 bridgehead atoms. The van der Waals surface area contributed by atoms with E-state index in [0.29, 0.717) is 11.1 Å². The molecule has 3 rings (SSSR count). The molecule has 0 spiro atoms. The van der Waals surface area contributed by atoms with Gasteiger partial charge in [0.1, 0.15) is 17.3 Å². The molecule has 0 aliphatic heterocycles. The first-order valence-corrected chi connectivity index (χ1v) is 11.5. The lowest BCUT2D eigenvalue weighted by Gasteiger charge is -2.16. The van der Waals surface area contributed by atoms with Gasteiger partial charge >= 0.3 is 5.92 Å². The largest absolute Gasteiger partial charge is 0.456 e. The monoisotopic (exact) mass is 527 g/mol. The third-order valence-corrected chi connectivity index (χ3v) is 5.34. The second-order valence-corrected chi connectivity index (χ2v) is 9.57. The van der Waals surface area contributed by atoms with Gasteiger partial charge in [0.2, 0.25) is 5.91 Å². The lowest BCUT2D eigenvalue weighted by molar-refractivity contribution is -0.143. The van der Waals surface area contributed by atoms with Crippen molar-refractivity contribution < 1.29 is 27.5 Å². The SMILES string of the molecule is Cc1cc(CC(=O)N/C(C=NC(C)(C)C)=C/N)c(F)cc1Oc1ccnc2ccc(C(F)(F)C(N)=O)cc12. The minimum absolute atomic E-state index is 0.103. The van der Waals surface area contributed by atoms with Gasteiger partial charge < -0.3 is 21.5 Å². The van der Waals surface area contributed by atoms with Crippen molar-refractivity contribution in [3.05, 3.63) is 77.0 Å². The van der Waals surface area contributed by atoms with Crippen molar-refractivity contribution >= 4 is 28.9 Å². The highest BCUT2D eigenvalue weighted by atomic mass is 19.3. The Hall–Kier alpha value is -4.41. The van der Waals surface area contributed by atoms with Crippen LogP contribution in [0.1, 0.15) is 37.5 Å². The summed E-state index contributed by atoms with van der Waals surface area (Å²) in [5.41, 5.74) is 10.6. The molecule has 1 aromatic heterocycles. The Morgan fingerprint density at radius 2 is 1.84 bits per heavy atom. The van der Waals surface area contributed by atoms with Gasteiger partial charge in [-0.2, -0.15) is 8.78 Å². The van der Waals surface area contributed by atoms with Crippen LogP contribution in [0.2, 0.25) is 0 Å². The molecule has 11 heteroatoms. The smallest absolute Gasteiger partial charge is 0.349 e. The molecule has 0 unspecified atom stereocenters. The van der Waals surface area contributed by atoms with Crippen molar-refractivity contribution in [2.75, 3.05) is 0 Å². The zero-order valence-corrected chi connectivity index (χ0v) is 21.3. The molecule has 0 saturated heterocycles. The summed E-state index contributed by atoms with van der Waals surface area (Å²) in [6.07, 6.45) is 3.74. The van der Waals surface area contributed by atoms with Crippen LogP contribution in [0.15, 0.2) is 59.5 Å². The van der Waals surface area contributed by atoms with Gasteiger partial charge in [-0.15, -0.1) is 0 Å². The zero-order chi connectivity index (χ0) is 28.3. The zero-order valence-electron chi connectivity index (χ0n) is 21.3. The highest BCUT2D eigenvalue weighted by molar-refractivity contribution is 5.90. The van der Waals surface area contributed by atoms with Crippen molar-refractivity contribution in [2.24, 2.45) is 16.5 Å². The maximum Gasteiger partial charge on any atom is 0.349 e. The fourth-order valence-electron chi connectivity index (χ4n) is 3.39. The fourth-order valence-corrected chi connectivity index (χ4v) is 3.39. The Bertz CT molecular complexity index is 1450. The van der Waals surface area contributed by atoms with Crippen LogP contribution in [-0.4, -0.2) is 28.6 Å². The molecule has 1 heterocycles. The van der Waals surface area contributed by atoms with Crippen molar-refractivity contribution in [3.63, 3.8) is 0 Å². The number of pyridine rings is 1. The molecule has 0 fully saturated rings. The van der Waals surface area contributed by atoms with E-state index in [0.717, 1.165) is 18.2 Å². The van der Waals surface area contributed by atoms with Crippen molar-refractivity contribution in [1.29, 1.82) is 0 Å². The summed E-state index contributed by atoms with van der Waals surface area (Å²) in [6, 6.07) is 7.39. The van der Waals surface area contributed by atoms with Gasteiger partial charge in [-0.1, -0.05) is 6.07 Å². The number of alkyl halides is 2. The minimum atomic E-state index is -3.90. The number of aromatic nitrogens is 1. The Balaban J connectivity index is 1.85. The fraction of sp³-hybridized carbons (Fsp3) is 0.259. The van der Waals surface area contributed by atoms with E-state index in [4.69, 9.17) is 16.2 Å². The van der Waals surface area contributed by atoms with Gasteiger partial charge in [0, 0.05) is 35.6 Å². The summed E-state index contributed by atoms with van der Waals surface area (Å²) in [5.74, 6) is -6.69. The lowest BCUT2D eigenvalue weighted by atomic mass is 10.0. The quantitative estimate of drug-likeness (QED) is 0.374. The number of aryl methyl sites for hydroxylation is 1. The molecule has 38 heavy (non-hydrogen) atoms. The maximum absolute atomic E-state index is 15.0. The number of halogens is 3. The Kier molecular flexibility index (Phi) is 8.09. The standard InChI is InChI=1S/C27H28F3N5O3/c1-15-9-16(10-24(36)35-18(13-31)14-34-26(2,3)4)20(28)12-23(15)38-22-7-8-33-21-6-5-17(11-19(21)22)27(29,30)25(32)37/h5-9,11-14H,10,31H2,1-4H3,(H2,32,37)(H,35,36)/b18-13+,34-14?. The number of primary amides is 1. The number of carbonyl (C=O) groups is 2. The van der Waals surface area contributed by atoms with E-state index in [9.17, 15) is 22.8 Å². The molecular formula is C27H28F3N5O3. The number of nitrogens with two attached hydrogens (primary N) is 2. The first kappa shape index (κ1) is 28.2. The van der Waals surface area contributed by atoms with E-state index in [1.807, 2.05) is 20.8 Å². The Labute approximate surface area is 217 Å². The average Bonchev–Trinajstić information content (AvgIpc) is 2.84. The number of carbonyl (C=O) groups excluding carboxylic acids is 2. The number of hydrogen-bond donors (Lipinski definition) is 3. The third-order valence-electron chi connectivity index (χ3n) is 5.34. The predicted molar refractivity (Wildman–Crippen MR) is 138 cm³/mol. The first-order chi connectivity index (χ1) is 17.7. The summed E-state index contributed by atoms with van der Waals surface area (Å²) in [5, 5.41) is 2.76. The molecule has 0 radical (unpaired) electrons. The second-order valence-electron chi connectivity index (χ2n) is 9.57. The number of allylic oxidation sites excluding steroid dienone is 1. The first-order valence-electron chi connectivity index (χ1n) is 11.5. The minimum Gasteiger partial charge on any atom is -0.456 e. The molecular weight excluding hydrogens is 499 g/mol. The van der Waals surface area contributed by atoms with E-state index < -0.39 is 29.1 Å². The lowest BCUT2D eigenvalue weighted by Crippen LogP contribution is -2.32. The van der Waals surface area contributed by atoms with Crippen molar-refractivity contribution in [3.8, 4) is 11.5 Å². The van der Waals surface area contributed by atoms with Gasteiger partial charge in [0.05, 0.1) is 23.2 Å².